The summed E-state index contributed by atoms with van der Waals surface area (Å²) in [5.74, 6) is 0. The lowest BCUT2D eigenvalue weighted by molar-refractivity contribution is 0.429. The Morgan fingerprint density at radius 2 is 2.00 bits per heavy atom. The quantitative estimate of drug-likeness (QED) is 0.894. The van der Waals surface area contributed by atoms with Gasteiger partial charge >= 0.3 is 0 Å². The van der Waals surface area contributed by atoms with Gasteiger partial charge in [0.25, 0.3) is 0 Å². The predicted molar refractivity (Wildman–Crippen MR) is 89.2 cm³/mol. The summed E-state index contributed by atoms with van der Waals surface area (Å²) < 4.78 is 1.11. The van der Waals surface area contributed by atoms with Gasteiger partial charge in [0, 0.05) is 28.5 Å². The molecule has 0 saturated heterocycles. The molecule has 0 unspecified atom stereocenters. The van der Waals surface area contributed by atoms with E-state index in [1.54, 1.807) is 11.3 Å². The minimum absolute atomic E-state index is 0.148. The van der Waals surface area contributed by atoms with Gasteiger partial charge in [-0.25, -0.2) is 0 Å². The van der Waals surface area contributed by atoms with E-state index in [2.05, 4.69) is 77.3 Å². The molecule has 1 heterocycles. The molecular weight excluding hydrogens is 334 g/mol. The van der Waals surface area contributed by atoms with Crippen molar-refractivity contribution < 1.29 is 0 Å². The summed E-state index contributed by atoms with van der Waals surface area (Å²) in [6, 6.07) is 6.30. The van der Waals surface area contributed by atoms with E-state index >= 15 is 0 Å². The molecule has 2 rings (SSSR count). The van der Waals surface area contributed by atoms with E-state index in [1.807, 2.05) is 0 Å². The maximum absolute atomic E-state index is 4.29. The van der Waals surface area contributed by atoms with Crippen molar-refractivity contribution in [3.63, 3.8) is 0 Å². The van der Waals surface area contributed by atoms with E-state index < -0.39 is 0 Å². The zero-order chi connectivity index (χ0) is 14.8. The van der Waals surface area contributed by atoms with Crippen LogP contribution in [0.5, 0.6) is 0 Å². The highest BCUT2D eigenvalue weighted by molar-refractivity contribution is 9.10. The van der Waals surface area contributed by atoms with Crippen LogP contribution in [0.15, 0.2) is 22.7 Å². The summed E-state index contributed by atoms with van der Waals surface area (Å²) in [5, 5.41) is 14.1. The first-order chi connectivity index (χ1) is 9.35. The van der Waals surface area contributed by atoms with Gasteiger partial charge in [-0.05, 0) is 39.3 Å². The highest BCUT2D eigenvalue weighted by atomic mass is 79.9. The standard InChI is InChI=1S/C15H20BrN3S/c1-10-5-6-11(9-12(10)16)14-19-18-13(20-14)7-8-17-15(2,3)4/h5-6,9,17H,7-8H2,1-4H3. The van der Waals surface area contributed by atoms with Crippen LogP contribution in [-0.2, 0) is 6.42 Å². The summed E-state index contributed by atoms with van der Waals surface area (Å²) >= 11 is 5.23. The molecule has 1 aromatic carbocycles. The molecule has 5 heteroatoms. The number of nitrogens with one attached hydrogen (secondary N) is 1. The maximum atomic E-state index is 4.29. The molecule has 1 N–H and O–H groups in total. The van der Waals surface area contributed by atoms with Gasteiger partial charge in [-0.3, -0.25) is 0 Å². The van der Waals surface area contributed by atoms with Gasteiger partial charge in [-0.2, -0.15) is 0 Å². The molecule has 3 nitrogen and oxygen atoms in total. The average Bonchev–Trinajstić information content (AvgIpc) is 2.80. The fourth-order valence-corrected chi connectivity index (χ4v) is 2.96. The van der Waals surface area contributed by atoms with E-state index in [-0.39, 0.29) is 5.54 Å². The highest BCUT2D eigenvalue weighted by Gasteiger charge is 2.11. The molecule has 108 valence electrons. The monoisotopic (exact) mass is 353 g/mol. The van der Waals surface area contributed by atoms with E-state index in [0.717, 1.165) is 33.0 Å². The van der Waals surface area contributed by atoms with Crippen molar-refractivity contribution >= 4 is 27.3 Å². The average molecular weight is 354 g/mol. The number of hydrogen-bond acceptors (Lipinski definition) is 4. The van der Waals surface area contributed by atoms with Crippen LogP contribution < -0.4 is 5.32 Å². The molecule has 0 saturated carbocycles. The lowest BCUT2D eigenvalue weighted by Gasteiger charge is -2.19. The summed E-state index contributed by atoms with van der Waals surface area (Å²) in [5.41, 5.74) is 2.50. The third-order valence-electron chi connectivity index (χ3n) is 2.88. The molecule has 0 aliphatic heterocycles. The van der Waals surface area contributed by atoms with Crippen molar-refractivity contribution in [3.05, 3.63) is 33.2 Å². The SMILES string of the molecule is Cc1ccc(-c2nnc(CCNC(C)(C)C)s2)cc1Br. The number of aryl methyl sites for hydroxylation is 1. The van der Waals surface area contributed by atoms with Crippen molar-refractivity contribution in [3.8, 4) is 10.6 Å². The van der Waals surface area contributed by atoms with E-state index in [4.69, 9.17) is 0 Å². The normalized spacial score (nSPS) is 11.8. The first-order valence-corrected chi connectivity index (χ1v) is 8.30. The Hall–Kier alpha value is -0.780. The Morgan fingerprint density at radius 1 is 1.25 bits per heavy atom. The van der Waals surface area contributed by atoms with Crippen LogP contribution >= 0.6 is 27.3 Å². The molecular formula is C15H20BrN3S. The lowest BCUT2D eigenvalue weighted by Crippen LogP contribution is -2.37. The predicted octanol–water partition coefficient (Wildman–Crippen LogP) is 4.21. The molecule has 0 atom stereocenters. The molecule has 1 aromatic heterocycles. The molecule has 0 amide bonds. The number of nitrogens with zero attached hydrogens (tertiary/aromatic N) is 2. The van der Waals surface area contributed by atoms with Gasteiger partial charge in [0.2, 0.25) is 0 Å². The molecule has 0 fully saturated rings. The third kappa shape index (κ3) is 4.36. The van der Waals surface area contributed by atoms with Crippen molar-refractivity contribution in [1.29, 1.82) is 0 Å². The largest absolute Gasteiger partial charge is 0.312 e. The summed E-state index contributed by atoms with van der Waals surface area (Å²) in [7, 11) is 0. The maximum Gasteiger partial charge on any atom is 0.147 e. The van der Waals surface area contributed by atoms with Crippen LogP contribution in [-0.4, -0.2) is 22.3 Å². The molecule has 2 aromatic rings. The molecule has 0 aliphatic rings. The van der Waals surface area contributed by atoms with Gasteiger partial charge in [-0.1, -0.05) is 39.4 Å². The molecule has 0 aliphatic carbocycles. The zero-order valence-corrected chi connectivity index (χ0v) is 14.7. The Labute approximate surface area is 133 Å². The van der Waals surface area contributed by atoms with Gasteiger partial charge in [0.1, 0.15) is 10.0 Å². The van der Waals surface area contributed by atoms with E-state index in [0.29, 0.717) is 0 Å². The van der Waals surface area contributed by atoms with E-state index in [9.17, 15) is 0 Å². The zero-order valence-electron chi connectivity index (χ0n) is 12.3. The van der Waals surface area contributed by atoms with Gasteiger partial charge in [0.15, 0.2) is 0 Å². The van der Waals surface area contributed by atoms with Gasteiger partial charge in [0.05, 0.1) is 0 Å². The van der Waals surface area contributed by atoms with Crippen molar-refractivity contribution in [1.82, 2.24) is 15.5 Å². The minimum Gasteiger partial charge on any atom is -0.312 e. The minimum atomic E-state index is 0.148. The molecule has 0 radical (unpaired) electrons. The molecule has 0 bridgehead atoms. The Morgan fingerprint density at radius 3 is 2.65 bits per heavy atom. The van der Waals surface area contributed by atoms with Crippen LogP contribution in [0.4, 0.5) is 0 Å². The number of benzene rings is 1. The summed E-state index contributed by atoms with van der Waals surface area (Å²) in [4.78, 5) is 0. The van der Waals surface area contributed by atoms with Crippen molar-refractivity contribution in [2.24, 2.45) is 0 Å². The van der Waals surface area contributed by atoms with Gasteiger partial charge in [-0.15, -0.1) is 10.2 Å². The topological polar surface area (TPSA) is 37.8 Å². The fourth-order valence-electron chi connectivity index (χ4n) is 1.74. The number of halogens is 1. The Bertz CT molecular complexity index is 587. The second kappa shape index (κ2) is 6.33. The Balaban J connectivity index is 2.03. The Kier molecular flexibility index (Phi) is 4.94. The first kappa shape index (κ1) is 15.6. The lowest BCUT2D eigenvalue weighted by atomic mass is 10.1. The molecule has 0 spiro atoms. The van der Waals surface area contributed by atoms with Crippen molar-refractivity contribution in [2.75, 3.05) is 6.54 Å². The second-order valence-electron chi connectivity index (χ2n) is 5.89. The van der Waals surface area contributed by atoms with Crippen LogP contribution in [0.1, 0.15) is 31.3 Å². The first-order valence-electron chi connectivity index (χ1n) is 6.69. The summed E-state index contributed by atoms with van der Waals surface area (Å²) in [6.07, 6.45) is 0.919. The summed E-state index contributed by atoms with van der Waals surface area (Å²) in [6.45, 7) is 9.51. The van der Waals surface area contributed by atoms with Crippen LogP contribution in [0.3, 0.4) is 0 Å². The second-order valence-corrected chi connectivity index (χ2v) is 7.81. The van der Waals surface area contributed by atoms with Crippen molar-refractivity contribution in [2.45, 2.75) is 39.7 Å². The smallest absolute Gasteiger partial charge is 0.147 e. The fraction of sp³-hybridized carbons (Fsp3) is 0.467. The van der Waals surface area contributed by atoms with Gasteiger partial charge < -0.3 is 5.32 Å². The van der Waals surface area contributed by atoms with Crippen LogP contribution in [0, 0.1) is 6.92 Å². The number of aromatic nitrogens is 2. The number of rotatable bonds is 4. The van der Waals surface area contributed by atoms with E-state index in [1.165, 1.54) is 5.56 Å². The third-order valence-corrected chi connectivity index (χ3v) is 4.77. The van der Waals surface area contributed by atoms with Crippen LogP contribution in [0.25, 0.3) is 10.6 Å². The highest BCUT2D eigenvalue weighted by Crippen LogP contribution is 2.28. The van der Waals surface area contributed by atoms with Crippen LogP contribution in [0.2, 0.25) is 0 Å². The molecule has 20 heavy (non-hydrogen) atoms. The number of hydrogen-bond donors (Lipinski definition) is 1.